The summed E-state index contributed by atoms with van der Waals surface area (Å²) in [4.78, 5) is 26.9. The Labute approximate surface area is 119 Å². The summed E-state index contributed by atoms with van der Waals surface area (Å²) in [6.07, 6.45) is 0.732. The van der Waals surface area contributed by atoms with Crippen LogP contribution in [0.25, 0.3) is 0 Å². The van der Waals surface area contributed by atoms with E-state index in [-0.39, 0.29) is 18.6 Å². The highest BCUT2D eigenvalue weighted by atomic mass is 16.5. The van der Waals surface area contributed by atoms with Crippen LogP contribution in [-0.4, -0.2) is 65.8 Å². The van der Waals surface area contributed by atoms with E-state index in [1.807, 2.05) is 4.90 Å². The Morgan fingerprint density at radius 2 is 1.80 bits per heavy atom. The molecule has 1 N–H and O–H groups in total. The average Bonchev–Trinajstić information content (AvgIpc) is 2.36. The van der Waals surface area contributed by atoms with Gasteiger partial charge in [-0.1, -0.05) is 13.8 Å². The third kappa shape index (κ3) is 3.85. The smallest absolute Gasteiger partial charge is 0.320 e. The quantitative estimate of drug-likeness (QED) is 0.828. The zero-order chi connectivity index (χ0) is 14.7. The number of nitrogens with zero attached hydrogens (tertiary/aromatic N) is 2. The van der Waals surface area contributed by atoms with Crippen LogP contribution in [0.4, 0.5) is 4.79 Å². The van der Waals surface area contributed by atoms with E-state index in [4.69, 9.17) is 9.84 Å². The zero-order valence-corrected chi connectivity index (χ0v) is 12.2. The number of urea groups is 1. The number of carboxylic acid groups (broad SMARTS) is 1. The molecule has 0 aromatic carbocycles. The molecule has 2 heterocycles. The molecular formula is C14H24N2O4. The molecule has 0 aromatic heterocycles. The second-order valence-electron chi connectivity index (χ2n) is 6.17. The predicted molar refractivity (Wildman–Crippen MR) is 73.5 cm³/mol. The van der Waals surface area contributed by atoms with Crippen LogP contribution in [0.15, 0.2) is 0 Å². The number of carbonyl (C=O) groups excluding carboxylic acids is 1. The van der Waals surface area contributed by atoms with Gasteiger partial charge in [-0.25, -0.2) is 4.79 Å². The summed E-state index contributed by atoms with van der Waals surface area (Å²) in [7, 11) is 0. The van der Waals surface area contributed by atoms with Crippen molar-refractivity contribution in [2.75, 3.05) is 32.8 Å². The summed E-state index contributed by atoms with van der Waals surface area (Å²) in [6.45, 7) is 7.28. The first kappa shape index (κ1) is 15.1. The van der Waals surface area contributed by atoms with Gasteiger partial charge in [0, 0.05) is 26.2 Å². The normalized spacial score (nSPS) is 31.2. The first-order valence-corrected chi connectivity index (χ1v) is 7.33. The van der Waals surface area contributed by atoms with Crippen molar-refractivity contribution in [3.63, 3.8) is 0 Å². The minimum Gasteiger partial charge on any atom is -0.481 e. The van der Waals surface area contributed by atoms with Gasteiger partial charge in [0.05, 0.1) is 19.1 Å². The maximum absolute atomic E-state index is 12.5. The summed E-state index contributed by atoms with van der Waals surface area (Å²) in [5, 5.41) is 8.81. The van der Waals surface area contributed by atoms with Crippen molar-refractivity contribution >= 4 is 12.0 Å². The van der Waals surface area contributed by atoms with Crippen molar-refractivity contribution in [1.82, 2.24) is 9.80 Å². The number of carboxylic acids is 1. The fourth-order valence-corrected chi connectivity index (χ4v) is 3.23. The third-order valence-corrected chi connectivity index (χ3v) is 3.95. The van der Waals surface area contributed by atoms with Crippen LogP contribution in [0.2, 0.25) is 0 Å². The third-order valence-electron chi connectivity index (χ3n) is 3.95. The standard InChI is InChI=1S/C14H24N2O4/c1-10-5-11(2)8-16(7-10)14(19)15-3-4-20-12(9-15)6-13(17)18/h10-12H,3-9H2,1-2H3,(H,17,18). The molecule has 0 aromatic rings. The van der Waals surface area contributed by atoms with Crippen molar-refractivity contribution in [1.29, 1.82) is 0 Å². The SMILES string of the molecule is CC1CC(C)CN(C(=O)N2CCOC(CC(=O)O)C2)C1. The highest BCUT2D eigenvalue weighted by molar-refractivity contribution is 5.75. The van der Waals surface area contributed by atoms with E-state index in [9.17, 15) is 9.59 Å². The number of hydrogen-bond acceptors (Lipinski definition) is 3. The molecule has 2 rings (SSSR count). The molecule has 20 heavy (non-hydrogen) atoms. The molecule has 2 aliphatic rings. The van der Waals surface area contributed by atoms with Gasteiger partial charge in [-0.3, -0.25) is 4.79 Å². The summed E-state index contributed by atoms with van der Waals surface area (Å²) < 4.78 is 5.41. The number of morpholine rings is 1. The van der Waals surface area contributed by atoms with Crippen LogP contribution in [0, 0.1) is 11.8 Å². The van der Waals surface area contributed by atoms with E-state index >= 15 is 0 Å². The monoisotopic (exact) mass is 284 g/mol. The number of likely N-dealkylation sites (tertiary alicyclic amines) is 1. The topological polar surface area (TPSA) is 70.1 Å². The van der Waals surface area contributed by atoms with Crippen LogP contribution in [-0.2, 0) is 9.53 Å². The molecule has 114 valence electrons. The molecule has 0 aliphatic carbocycles. The molecule has 3 unspecified atom stereocenters. The summed E-state index contributed by atoms with van der Waals surface area (Å²) in [6, 6.07) is 0.0297. The number of rotatable bonds is 2. The van der Waals surface area contributed by atoms with Crippen molar-refractivity contribution < 1.29 is 19.4 Å². The Balaban J connectivity index is 1.92. The summed E-state index contributed by atoms with van der Waals surface area (Å²) >= 11 is 0. The molecule has 0 spiro atoms. The number of piperidine rings is 1. The molecule has 2 saturated heterocycles. The number of carbonyl (C=O) groups is 2. The number of aliphatic carboxylic acids is 1. The first-order valence-electron chi connectivity index (χ1n) is 7.33. The lowest BCUT2D eigenvalue weighted by molar-refractivity contribution is -0.141. The van der Waals surface area contributed by atoms with Crippen molar-refractivity contribution in [3.05, 3.63) is 0 Å². The lowest BCUT2D eigenvalue weighted by Gasteiger charge is -2.40. The maximum Gasteiger partial charge on any atom is 0.320 e. The Morgan fingerprint density at radius 1 is 1.15 bits per heavy atom. The highest BCUT2D eigenvalue weighted by Gasteiger charge is 2.32. The van der Waals surface area contributed by atoms with E-state index in [2.05, 4.69) is 13.8 Å². The van der Waals surface area contributed by atoms with Crippen LogP contribution in [0.3, 0.4) is 0 Å². The fraction of sp³-hybridized carbons (Fsp3) is 0.857. The minimum absolute atomic E-state index is 0.0297. The molecular weight excluding hydrogens is 260 g/mol. The Hall–Kier alpha value is -1.30. The molecule has 2 amide bonds. The van der Waals surface area contributed by atoms with Gasteiger partial charge < -0.3 is 19.6 Å². The van der Waals surface area contributed by atoms with Gasteiger partial charge in [-0.15, -0.1) is 0 Å². The molecule has 2 aliphatic heterocycles. The molecule has 0 bridgehead atoms. The molecule has 0 radical (unpaired) electrons. The van der Waals surface area contributed by atoms with Gasteiger partial charge in [-0.05, 0) is 18.3 Å². The number of hydrogen-bond donors (Lipinski definition) is 1. The molecule has 2 fully saturated rings. The maximum atomic E-state index is 12.5. The minimum atomic E-state index is -0.885. The van der Waals surface area contributed by atoms with Gasteiger partial charge in [-0.2, -0.15) is 0 Å². The molecule has 6 nitrogen and oxygen atoms in total. The molecule has 3 atom stereocenters. The Kier molecular flexibility index (Phi) is 4.86. The van der Waals surface area contributed by atoms with Crippen molar-refractivity contribution in [2.24, 2.45) is 11.8 Å². The van der Waals surface area contributed by atoms with E-state index in [1.165, 1.54) is 0 Å². The van der Waals surface area contributed by atoms with E-state index in [1.54, 1.807) is 4.90 Å². The summed E-state index contributed by atoms with van der Waals surface area (Å²) in [5.74, 6) is 0.168. The molecule has 0 saturated carbocycles. The van der Waals surface area contributed by atoms with Crippen LogP contribution < -0.4 is 0 Å². The summed E-state index contributed by atoms with van der Waals surface area (Å²) in [5.41, 5.74) is 0. The van der Waals surface area contributed by atoms with Gasteiger partial charge in [0.1, 0.15) is 0 Å². The van der Waals surface area contributed by atoms with E-state index in [0.29, 0.717) is 31.5 Å². The van der Waals surface area contributed by atoms with E-state index in [0.717, 1.165) is 19.5 Å². The Morgan fingerprint density at radius 3 is 2.40 bits per heavy atom. The zero-order valence-electron chi connectivity index (χ0n) is 12.2. The van der Waals surface area contributed by atoms with Gasteiger partial charge in [0.25, 0.3) is 0 Å². The largest absolute Gasteiger partial charge is 0.481 e. The van der Waals surface area contributed by atoms with E-state index < -0.39 is 5.97 Å². The van der Waals surface area contributed by atoms with Crippen LogP contribution in [0.1, 0.15) is 26.7 Å². The lowest BCUT2D eigenvalue weighted by atomic mass is 9.92. The van der Waals surface area contributed by atoms with Crippen LogP contribution in [0.5, 0.6) is 0 Å². The first-order chi connectivity index (χ1) is 9.45. The second-order valence-corrected chi connectivity index (χ2v) is 6.17. The highest BCUT2D eigenvalue weighted by Crippen LogP contribution is 2.22. The average molecular weight is 284 g/mol. The van der Waals surface area contributed by atoms with Gasteiger partial charge in [0.2, 0.25) is 0 Å². The number of amides is 2. The fourth-order valence-electron chi connectivity index (χ4n) is 3.23. The Bertz CT molecular complexity index is 364. The molecule has 6 heteroatoms. The van der Waals surface area contributed by atoms with Gasteiger partial charge >= 0.3 is 12.0 Å². The van der Waals surface area contributed by atoms with Crippen LogP contribution >= 0.6 is 0 Å². The van der Waals surface area contributed by atoms with Crippen molar-refractivity contribution in [3.8, 4) is 0 Å². The van der Waals surface area contributed by atoms with Crippen molar-refractivity contribution in [2.45, 2.75) is 32.8 Å². The predicted octanol–water partition coefficient (Wildman–Crippen LogP) is 1.26. The lowest BCUT2D eigenvalue weighted by Crippen LogP contribution is -2.54. The second kappa shape index (κ2) is 6.43. The van der Waals surface area contributed by atoms with Gasteiger partial charge in [0.15, 0.2) is 0 Å². The number of ether oxygens (including phenoxy) is 1.